The third-order valence-electron chi connectivity index (χ3n) is 7.87. The summed E-state index contributed by atoms with van der Waals surface area (Å²) >= 11 is 0. The molecule has 13 N–H and O–H groups in total. The van der Waals surface area contributed by atoms with Crippen molar-refractivity contribution in [2.24, 2.45) is 0 Å². The van der Waals surface area contributed by atoms with Crippen LogP contribution in [0.25, 0.3) is 0 Å². The number of carbonyl (C=O) groups is 3. The summed E-state index contributed by atoms with van der Waals surface area (Å²) in [6.07, 6.45) is -25.8. The number of amides is 2. The summed E-state index contributed by atoms with van der Waals surface area (Å²) in [7, 11) is 0. The number of ether oxygens (including phenoxy) is 5. The average Bonchev–Trinajstić information content (AvgIpc) is 2.99. The number of rotatable bonds is 12. The van der Waals surface area contributed by atoms with Crippen LogP contribution in [0.4, 0.5) is 0 Å². The van der Waals surface area contributed by atoms with E-state index >= 15 is 0 Å². The first-order valence-electron chi connectivity index (χ1n) is 14.2. The van der Waals surface area contributed by atoms with Crippen LogP contribution in [0, 0.1) is 0 Å². The predicted octanol–water partition coefficient (Wildman–Crippen LogP) is -8.08. The highest BCUT2D eigenvalue weighted by Gasteiger charge is 2.60. The summed E-state index contributed by atoms with van der Waals surface area (Å²) in [6, 6.07) is -3.08. The molecule has 3 aliphatic heterocycles. The van der Waals surface area contributed by atoms with E-state index in [9.17, 15) is 70.6 Å². The molecule has 3 fully saturated rings. The molecule has 0 aromatic rings. The van der Waals surface area contributed by atoms with Crippen LogP contribution in [0.5, 0.6) is 0 Å². The molecule has 3 rings (SSSR count). The van der Waals surface area contributed by atoms with Crippen LogP contribution in [-0.2, 0) is 38.1 Å². The Morgan fingerprint density at radius 2 is 1.39 bits per heavy atom. The van der Waals surface area contributed by atoms with E-state index in [1.807, 2.05) is 0 Å². The molecule has 266 valence electrons. The summed E-state index contributed by atoms with van der Waals surface area (Å²) in [5.41, 5.74) is 0. The Morgan fingerprint density at radius 3 is 1.91 bits per heavy atom. The largest absolute Gasteiger partial charge is 0.477 e. The number of aliphatic hydroxyl groups is 10. The van der Waals surface area contributed by atoms with Crippen molar-refractivity contribution in [3.63, 3.8) is 0 Å². The molecule has 21 heteroatoms. The zero-order valence-corrected chi connectivity index (χ0v) is 24.7. The second kappa shape index (κ2) is 15.8. The maximum absolute atomic E-state index is 12.6. The Bertz CT molecular complexity index is 1050. The molecule has 3 aliphatic rings. The van der Waals surface area contributed by atoms with E-state index in [2.05, 4.69) is 10.6 Å². The van der Waals surface area contributed by atoms with Crippen molar-refractivity contribution in [2.45, 2.75) is 118 Å². The van der Waals surface area contributed by atoms with Crippen LogP contribution in [-0.4, -0.2) is 191 Å². The Labute approximate surface area is 260 Å². The third kappa shape index (κ3) is 8.08. The van der Waals surface area contributed by atoms with Gasteiger partial charge in [0.05, 0.1) is 32.0 Å². The van der Waals surface area contributed by atoms with E-state index in [4.69, 9.17) is 23.7 Å². The van der Waals surface area contributed by atoms with Crippen LogP contribution in [0.2, 0.25) is 0 Å². The molecule has 21 nitrogen and oxygen atoms in total. The molecule has 0 saturated carbocycles. The van der Waals surface area contributed by atoms with Gasteiger partial charge in [0.25, 0.3) is 5.79 Å². The van der Waals surface area contributed by atoms with E-state index in [1.54, 1.807) is 0 Å². The molecule has 0 spiro atoms. The lowest BCUT2D eigenvalue weighted by molar-refractivity contribution is -0.380. The number of carboxylic acid groups (broad SMARTS) is 1. The monoisotopic (exact) mass is 674 g/mol. The normalized spacial score (nSPS) is 42.9. The Kier molecular flexibility index (Phi) is 13.1. The van der Waals surface area contributed by atoms with Gasteiger partial charge in [-0.1, -0.05) is 0 Å². The summed E-state index contributed by atoms with van der Waals surface area (Å²) in [4.78, 5) is 36.2. The molecule has 0 radical (unpaired) electrons. The maximum Gasteiger partial charge on any atom is 0.364 e. The van der Waals surface area contributed by atoms with Crippen LogP contribution >= 0.6 is 0 Å². The molecule has 2 amide bonds. The van der Waals surface area contributed by atoms with E-state index in [0.717, 1.165) is 13.8 Å². The van der Waals surface area contributed by atoms with Gasteiger partial charge in [-0.2, -0.15) is 0 Å². The van der Waals surface area contributed by atoms with Gasteiger partial charge >= 0.3 is 5.97 Å². The highest BCUT2D eigenvalue weighted by atomic mass is 16.8. The average molecular weight is 675 g/mol. The number of hydrogen-bond acceptors (Lipinski definition) is 18. The summed E-state index contributed by atoms with van der Waals surface area (Å²) < 4.78 is 27.3. The zero-order chi connectivity index (χ0) is 34.7. The van der Waals surface area contributed by atoms with Crippen LogP contribution in [0.1, 0.15) is 20.3 Å². The summed E-state index contributed by atoms with van der Waals surface area (Å²) in [5, 5.41) is 118. The van der Waals surface area contributed by atoms with E-state index in [0.29, 0.717) is 0 Å². The van der Waals surface area contributed by atoms with Crippen molar-refractivity contribution in [3.8, 4) is 0 Å². The molecule has 3 saturated heterocycles. The standard InChI is InChI=1S/C25H42N2O19/c1-7(31)26-13-9(33)3-25(24(40)41,45-20(13)15(35)10(34)4-28)46-21-17(37)12(6-30)43-23(18(21)38)44-19-14(27-8(2)32)22(39)42-11(5-29)16(19)36/h9-23,28-30,33-39H,3-6H2,1-2H3,(H,26,31)(H,27,32)(H,40,41)/t9-,10+,11+,12+,13+,14+,15+,16-,17+,18+,19+,20+,21-,22+,23-,25-/m0/s1. The van der Waals surface area contributed by atoms with Crippen LogP contribution in [0.15, 0.2) is 0 Å². The molecular formula is C25H42N2O19. The minimum Gasteiger partial charge on any atom is -0.477 e. The van der Waals surface area contributed by atoms with Crippen molar-refractivity contribution in [3.05, 3.63) is 0 Å². The van der Waals surface area contributed by atoms with Crippen molar-refractivity contribution in [2.75, 3.05) is 19.8 Å². The first-order chi connectivity index (χ1) is 21.5. The lowest BCUT2D eigenvalue weighted by Crippen LogP contribution is -2.71. The van der Waals surface area contributed by atoms with E-state index < -0.39 is 142 Å². The molecule has 3 heterocycles. The lowest BCUT2D eigenvalue weighted by atomic mass is 9.88. The van der Waals surface area contributed by atoms with Crippen molar-refractivity contribution in [1.29, 1.82) is 0 Å². The molecule has 0 aromatic carbocycles. The topological polar surface area (TPSA) is 344 Å². The molecular weight excluding hydrogens is 632 g/mol. The molecule has 0 aromatic heterocycles. The lowest BCUT2D eigenvalue weighted by Gasteiger charge is -2.50. The fourth-order valence-electron chi connectivity index (χ4n) is 5.56. The number of carboxylic acids is 1. The van der Waals surface area contributed by atoms with Gasteiger partial charge in [0, 0.05) is 20.3 Å². The smallest absolute Gasteiger partial charge is 0.364 e. The Hall–Kier alpha value is -2.19. The molecule has 0 unspecified atom stereocenters. The third-order valence-corrected chi connectivity index (χ3v) is 7.87. The van der Waals surface area contributed by atoms with Gasteiger partial charge in [-0.15, -0.1) is 0 Å². The molecule has 0 aliphatic carbocycles. The van der Waals surface area contributed by atoms with Crippen LogP contribution in [0.3, 0.4) is 0 Å². The minimum atomic E-state index is -3.04. The molecule has 46 heavy (non-hydrogen) atoms. The van der Waals surface area contributed by atoms with Gasteiger partial charge in [-0.25, -0.2) is 4.79 Å². The quantitative estimate of drug-likeness (QED) is 0.0913. The highest BCUT2D eigenvalue weighted by Crippen LogP contribution is 2.38. The second-order valence-electron chi connectivity index (χ2n) is 11.2. The van der Waals surface area contributed by atoms with Crippen molar-refractivity contribution in [1.82, 2.24) is 10.6 Å². The van der Waals surface area contributed by atoms with Crippen LogP contribution < -0.4 is 10.6 Å². The van der Waals surface area contributed by atoms with Gasteiger partial charge in [-0.05, 0) is 0 Å². The number of nitrogens with one attached hydrogen (secondary N) is 2. The zero-order valence-electron chi connectivity index (χ0n) is 24.7. The fraction of sp³-hybridized carbons (Fsp3) is 0.880. The predicted molar refractivity (Wildman–Crippen MR) is 142 cm³/mol. The SMILES string of the molecule is CC(=O)N[C@@H]1[C@@H](O[C@@H]2O[C@H](CO)[C@@H](O)[C@H](O[C@]3(C(=O)O)C[C@H](O)[C@@H](NC(C)=O)[C@H]([C@H](O)[C@H](O)CO)O3)[C@H]2O)[C@@H](O)[C@@H](CO)O[C@H]1O. The molecule has 0 bridgehead atoms. The first kappa shape index (κ1) is 38.3. The van der Waals surface area contributed by atoms with Crippen molar-refractivity contribution >= 4 is 17.8 Å². The Balaban J connectivity index is 1.98. The number of aliphatic hydroxyl groups excluding tert-OH is 10. The second-order valence-corrected chi connectivity index (χ2v) is 11.2. The first-order valence-corrected chi connectivity index (χ1v) is 14.2. The summed E-state index contributed by atoms with van der Waals surface area (Å²) in [5.74, 6) is -6.50. The van der Waals surface area contributed by atoms with Gasteiger partial charge < -0.3 is 90.5 Å². The fourth-order valence-corrected chi connectivity index (χ4v) is 5.56. The van der Waals surface area contributed by atoms with Gasteiger partial charge in [-0.3, -0.25) is 9.59 Å². The number of hydrogen-bond donors (Lipinski definition) is 13. The van der Waals surface area contributed by atoms with E-state index in [-0.39, 0.29) is 0 Å². The van der Waals surface area contributed by atoms with Gasteiger partial charge in [0.1, 0.15) is 67.1 Å². The summed E-state index contributed by atoms with van der Waals surface area (Å²) in [6.45, 7) is -0.777. The van der Waals surface area contributed by atoms with E-state index in [1.165, 1.54) is 0 Å². The highest BCUT2D eigenvalue weighted by molar-refractivity contribution is 5.76. The number of aliphatic carboxylic acids is 1. The Morgan fingerprint density at radius 1 is 0.848 bits per heavy atom. The maximum atomic E-state index is 12.6. The van der Waals surface area contributed by atoms with Gasteiger partial charge in [0.15, 0.2) is 12.6 Å². The number of carbonyl (C=O) groups excluding carboxylic acids is 2. The molecule has 16 atom stereocenters. The van der Waals surface area contributed by atoms with Gasteiger partial charge in [0.2, 0.25) is 11.8 Å². The van der Waals surface area contributed by atoms with Crippen molar-refractivity contribution < 1.29 is 94.2 Å². The minimum absolute atomic E-state index is 0.720.